The van der Waals surface area contributed by atoms with Crippen LogP contribution in [0, 0.1) is 29.6 Å². The molecule has 0 bridgehead atoms. The molecule has 0 radical (unpaired) electrons. The fourth-order valence-electron chi connectivity index (χ4n) is 4.16. The molecule has 0 aliphatic heterocycles. The Hall–Kier alpha value is 0. The average Bonchev–Trinajstić information content (AvgIpc) is 2.29. The fourth-order valence-corrected chi connectivity index (χ4v) is 4.16. The molecule has 0 aromatic carbocycles. The zero-order chi connectivity index (χ0) is 11.5. The van der Waals surface area contributed by atoms with Gasteiger partial charge in [-0.1, -0.05) is 52.9 Å². The van der Waals surface area contributed by atoms with E-state index >= 15 is 0 Å². The molecule has 0 N–H and O–H groups in total. The molecule has 0 heterocycles. The van der Waals surface area contributed by atoms with Crippen LogP contribution in [0.5, 0.6) is 0 Å². The maximum atomic E-state index is 2.56. The predicted octanol–water partition coefficient (Wildman–Crippen LogP) is 5.28. The van der Waals surface area contributed by atoms with Crippen LogP contribution in [0.4, 0.5) is 0 Å². The number of hydrogen-bond donors (Lipinski definition) is 0. The standard InChI is InChI=1S/C16H30/c1-12-7-9-15(10-8-12)14(3)16-6-4-5-13(2)11-16/h12-16H,4-11H2,1-3H3. The second-order valence-electron chi connectivity index (χ2n) is 6.91. The van der Waals surface area contributed by atoms with Gasteiger partial charge in [0.15, 0.2) is 0 Å². The molecule has 3 atom stereocenters. The molecule has 0 aromatic heterocycles. The van der Waals surface area contributed by atoms with E-state index in [9.17, 15) is 0 Å². The van der Waals surface area contributed by atoms with Gasteiger partial charge in [0, 0.05) is 0 Å². The van der Waals surface area contributed by atoms with Crippen LogP contribution in [0.1, 0.15) is 72.1 Å². The van der Waals surface area contributed by atoms with Crippen molar-refractivity contribution in [1.82, 2.24) is 0 Å². The van der Waals surface area contributed by atoms with Crippen LogP contribution in [0.3, 0.4) is 0 Å². The van der Waals surface area contributed by atoms with Crippen molar-refractivity contribution in [1.29, 1.82) is 0 Å². The summed E-state index contributed by atoms with van der Waals surface area (Å²) in [4.78, 5) is 0. The van der Waals surface area contributed by atoms with E-state index in [1.54, 1.807) is 0 Å². The Morgan fingerprint density at radius 3 is 2.06 bits per heavy atom. The molecule has 0 aromatic rings. The number of rotatable bonds is 2. The van der Waals surface area contributed by atoms with Crippen molar-refractivity contribution >= 4 is 0 Å². The highest BCUT2D eigenvalue weighted by Gasteiger charge is 2.30. The predicted molar refractivity (Wildman–Crippen MR) is 71.4 cm³/mol. The van der Waals surface area contributed by atoms with Crippen molar-refractivity contribution in [2.75, 3.05) is 0 Å². The van der Waals surface area contributed by atoms with E-state index in [1.807, 2.05) is 0 Å². The van der Waals surface area contributed by atoms with E-state index in [-0.39, 0.29) is 0 Å². The first-order chi connectivity index (χ1) is 7.66. The van der Waals surface area contributed by atoms with Gasteiger partial charge in [0.2, 0.25) is 0 Å². The van der Waals surface area contributed by atoms with Crippen LogP contribution in [-0.4, -0.2) is 0 Å². The summed E-state index contributed by atoms with van der Waals surface area (Å²) in [6, 6.07) is 0. The number of hydrogen-bond acceptors (Lipinski definition) is 0. The van der Waals surface area contributed by atoms with Gasteiger partial charge in [-0.2, -0.15) is 0 Å². The van der Waals surface area contributed by atoms with Crippen molar-refractivity contribution in [3.05, 3.63) is 0 Å². The van der Waals surface area contributed by atoms with Crippen molar-refractivity contribution in [3.8, 4) is 0 Å². The molecular weight excluding hydrogens is 192 g/mol. The summed E-state index contributed by atoms with van der Waals surface area (Å²) in [7, 11) is 0. The zero-order valence-electron chi connectivity index (χ0n) is 11.5. The summed E-state index contributed by atoms with van der Waals surface area (Å²) in [6.45, 7) is 7.45. The summed E-state index contributed by atoms with van der Waals surface area (Å²) < 4.78 is 0. The molecule has 0 spiro atoms. The third-order valence-electron chi connectivity index (χ3n) is 5.52. The lowest BCUT2D eigenvalue weighted by atomic mass is 9.67. The highest BCUT2D eigenvalue weighted by Crippen LogP contribution is 2.42. The lowest BCUT2D eigenvalue weighted by Crippen LogP contribution is -2.28. The smallest absolute Gasteiger partial charge is 0.0383 e. The van der Waals surface area contributed by atoms with Crippen LogP contribution in [0.25, 0.3) is 0 Å². The van der Waals surface area contributed by atoms with Crippen LogP contribution in [0.2, 0.25) is 0 Å². The summed E-state index contributed by atoms with van der Waals surface area (Å²) in [5.74, 6) is 5.14. The van der Waals surface area contributed by atoms with Gasteiger partial charge in [0.1, 0.15) is 0 Å². The van der Waals surface area contributed by atoms with Crippen LogP contribution >= 0.6 is 0 Å². The minimum absolute atomic E-state index is 1.00. The molecule has 0 amide bonds. The van der Waals surface area contributed by atoms with E-state index < -0.39 is 0 Å². The maximum absolute atomic E-state index is 2.56. The Morgan fingerprint density at radius 2 is 1.44 bits per heavy atom. The molecule has 0 heteroatoms. The Bertz CT molecular complexity index is 200. The quantitative estimate of drug-likeness (QED) is 0.596. The average molecular weight is 222 g/mol. The molecule has 94 valence electrons. The summed E-state index contributed by atoms with van der Waals surface area (Å²) in [5.41, 5.74) is 0. The van der Waals surface area contributed by atoms with E-state index in [4.69, 9.17) is 0 Å². The van der Waals surface area contributed by atoms with Crippen LogP contribution in [0.15, 0.2) is 0 Å². The normalized spacial score (nSPS) is 42.9. The van der Waals surface area contributed by atoms with E-state index in [1.165, 1.54) is 51.4 Å². The Morgan fingerprint density at radius 1 is 0.750 bits per heavy atom. The molecule has 2 saturated carbocycles. The topological polar surface area (TPSA) is 0 Å². The van der Waals surface area contributed by atoms with Gasteiger partial charge in [-0.25, -0.2) is 0 Å². The van der Waals surface area contributed by atoms with Crippen molar-refractivity contribution in [2.45, 2.75) is 72.1 Å². The Labute approximate surface area is 102 Å². The summed E-state index contributed by atoms with van der Waals surface area (Å²) in [5, 5.41) is 0. The molecule has 2 aliphatic carbocycles. The lowest BCUT2D eigenvalue weighted by Gasteiger charge is -2.38. The first kappa shape index (κ1) is 12.5. The van der Waals surface area contributed by atoms with Gasteiger partial charge < -0.3 is 0 Å². The minimum Gasteiger partial charge on any atom is -0.0625 e. The summed E-state index contributed by atoms with van der Waals surface area (Å²) >= 11 is 0. The third kappa shape index (κ3) is 3.02. The van der Waals surface area contributed by atoms with Gasteiger partial charge in [-0.15, -0.1) is 0 Å². The fraction of sp³-hybridized carbons (Fsp3) is 1.00. The SMILES string of the molecule is CC1CCC(C(C)C2CCCC(C)C2)CC1. The highest BCUT2D eigenvalue weighted by molar-refractivity contribution is 4.81. The molecule has 2 fully saturated rings. The first-order valence-corrected chi connectivity index (χ1v) is 7.66. The van der Waals surface area contributed by atoms with Gasteiger partial charge >= 0.3 is 0 Å². The second-order valence-corrected chi connectivity index (χ2v) is 6.91. The van der Waals surface area contributed by atoms with Gasteiger partial charge in [0.05, 0.1) is 0 Å². The lowest BCUT2D eigenvalue weighted by molar-refractivity contribution is 0.126. The van der Waals surface area contributed by atoms with Gasteiger partial charge in [-0.3, -0.25) is 0 Å². The molecule has 2 rings (SSSR count). The zero-order valence-corrected chi connectivity index (χ0v) is 11.5. The van der Waals surface area contributed by atoms with Gasteiger partial charge in [-0.05, 0) is 48.9 Å². The molecule has 16 heavy (non-hydrogen) atoms. The van der Waals surface area contributed by atoms with Crippen molar-refractivity contribution in [2.24, 2.45) is 29.6 Å². The highest BCUT2D eigenvalue weighted by atomic mass is 14.4. The maximum Gasteiger partial charge on any atom is -0.0383 e. The molecule has 0 nitrogen and oxygen atoms in total. The first-order valence-electron chi connectivity index (χ1n) is 7.66. The monoisotopic (exact) mass is 222 g/mol. The molecule has 3 unspecified atom stereocenters. The van der Waals surface area contributed by atoms with Gasteiger partial charge in [0.25, 0.3) is 0 Å². The van der Waals surface area contributed by atoms with Crippen LogP contribution in [-0.2, 0) is 0 Å². The third-order valence-corrected chi connectivity index (χ3v) is 5.52. The molecule has 2 aliphatic rings. The van der Waals surface area contributed by atoms with Crippen LogP contribution < -0.4 is 0 Å². The van der Waals surface area contributed by atoms with E-state index in [0.29, 0.717) is 0 Å². The second kappa shape index (κ2) is 5.56. The van der Waals surface area contributed by atoms with E-state index in [0.717, 1.165) is 29.6 Å². The largest absolute Gasteiger partial charge is 0.0625 e. The molecular formula is C16H30. The summed E-state index contributed by atoms with van der Waals surface area (Å²) in [6.07, 6.45) is 12.1. The van der Waals surface area contributed by atoms with Crippen molar-refractivity contribution in [3.63, 3.8) is 0 Å². The Kier molecular flexibility index (Phi) is 4.33. The van der Waals surface area contributed by atoms with Crippen molar-refractivity contribution < 1.29 is 0 Å². The van der Waals surface area contributed by atoms with E-state index in [2.05, 4.69) is 20.8 Å². The Balaban J connectivity index is 1.84. The minimum atomic E-state index is 1.00. The molecule has 0 saturated heterocycles.